The van der Waals surface area contributed by atoms with Crippen molar-refractivity contribution >= 4 is 33.2 Å². The van der Waals surface area contributed by atoms with E-state index in [1.54, 1.807) is 6.07 Å². The van der Waals surface area contributed by atoms with Gasteiger partial charge >= 0.3 is 0 Å². The largest absolute Gasteiger partial charge is 0.392 e. The number of hydrogen-bond acceptors (Lipinski definition) is 5. The molecule has 2 N–H and O–H groups in total. The molecule has 0 bridgehead atoms. The van der Waals surface area contributed by atoms with Crippen molar-refractivity contribution in [3.63, 3.8) is 0 Å². The van der Waals surface area contributed by atoms with Crippen LogP contribution in [0.25, 0.3) is 0 Å². The molecule has 0 aliphatic carbocycles. The van der Waals surface area contributed by atoms with Crippen molar-refractivity contribution in [2.24, 2.45) is 0 Å². The monoisotopic (exact) mass is 347 g/mol. The summed E-state index contributed by atoms with van der Waals surface area (Å²) < 4.78 is 26.9. The van der Waals surface area contributed by atoms with Crippen LogP contribution in [0.2, 0.25) is 10.0 Å². The van der Waals surface area contributed by atoms with Crippen LogP contribution in [0, 0.1) is 0 Å². The zero-order valence-corrected chi connectivity index (χ0v) is 13.0. The summed E-state index contributed by atoms with van der Waals surface area (Å²) in [4.78, 5) is 7.51. The number of hydrogen-bond donors (Lipinski definition) is 2. The summed E-state index contributed by atoms with van der Waals surface area (Å²) in [7, 11) is -3.85. The minimum absolute atomic E-state index is 0.00172. The molecule has 0 saturated heterocycles. The van der Waals surface area contributed by atoms with Crippen LogP contribution in [-0.2, 0) is 23.2 Å². The Labute approximate surface area is 131 Å². The molecule has 0 fully saturated rings. The average molecular weight is 348 g/mol. The third-order valence-corrected chi connectivity index (χ3v) is 5.03. The van der Waals surface area contributed by atoms with Crippen molar-refractivity contribution < 1.29 is 13.5 Å². The zero-order valence-electron chi connectivity index (χ0n) is 10.6. The van der Waals surface area contributed by atoms with Gasteiger partial charge in [0.25, 0.3) is 0 Å². The van der Waals surface area contributed by atoms with Crippen LogP contribution in [0.3, 0.4) is 0 Å². The highest BCUT2D eigenvalue weighted by atomic mass is 35.5. The predicted octanol–water partition coefficient (Wildman–Crippen LogP) is 1.75. The molecule has 0 radical (unpaired) electrons. The summed E-state index contributed by atoms with van der Waals surface area (Å²) in [5.41, 5.74) is 0.685. The summed E-state index contributed by atoms with van der Waals surface area (Å²) in [6.07, 6.45) is 2.83. The van der Waals surface area contributed by atoms with Gasteiger partial charge in [-0.15, -0.1) is 0 Å². The van der Waals surface area contributed by atoms with E-state index in [-0.39, 0.29) is 27.0 Å². The predicted molar refractivity (Wildman–Crippen MR) is 78.4 cm³/mol. The van der Waals surface area contributed by atoms with Gasteiger partial charge in [0.15, 0.2) is 0 Å². The second-order valence-corrected chi connectivity index (χ2v) is 6.54. The number of nitrogens with one attached hydrogen (secondary N) is 1. The van der Waals surface area contributed by atoms with Gasteiger partial charge in [0.2, 0.25) is 10.0 Å². The summed E-state index contributed by atoms with van der Waals surface area (Å²) in [6, 6.07) is 4.25. The molecule has 9 heteroatoms. The van der Waals surface area contributed by atoms with E-state index in [4.69, 9.17) is 23.2 Å². The normalized spacial score (nSPS) is 11.6. The lowest BCUT2D eigenvalue weighted by molar-refractivity contribution is 0.281. The number of aliphatic hydroxyl groups excluding tert-OH is 1. The van der Waals surface area contributed by atoms with Gasteiger partial charge in [0.05, 0.1) is 23.9 Å². The first-order valence-electron chi connectivity index (χ1n) is 5.78. The Kier molecular flexibility index (Phi) is 5.13. The van der Waals surface area contributed by atoms with Crippen molar-refractivity contribution in [3.8, 4) is 0 Å². The van der Waals surface area contributed by atoms with Crippen LogP contribution in [0.1, 0.15) is 11.3 Å². The Bertz CT molecular complexity index is 739. The molecule has 112 valence electrons. The fraction of sp³-hybridized carbons (Fsp3) is 0.167. The van der Waals surface area contributed by atoms with E-state index >= 15 is 0 Å². The lowest BCUT2D eigenvalue weighted by Gasteiger charge is -2.11. The minimum atomic E-state index is -3.85. The minimum Gasteiger partial charge on any atom is -0.392 e. The number of halogens is 2. The molecule has 0 aliphatic heterocycles. The Morgan fingerprint density at radius 3 is 2.62 bits per heavy atom. The SMILES string of the molecule is O=S(=O)(NCc1ccncn1)c1ccc(Cl)c(CO)c1Cl. The standard InChI is InChI=1S/C12H11Cl2N3O3S/c13-10-1-2-11(12(14)9(10)6-18)21(19,20)17-5-8-3-4-15-7-16-8/h1-4,7,17-18H,5-6H2. The van der Waals surface area contributed by atoms with Gasteiger partial charge in [0, 0.05) is 16.8 Å². The highest BCUT2D eigenvalue weighted by molar-refractivity contribution is 7.89. The van der Waals surface area contributed by atoms with Crippen LogP contribution in [0.15, 0.2) is 35.6 Å². The molecule has 1 aromatic carbocycles. The molecule has 6 nitrogen and oxygen atoms in total. The van der Waals surface area contributed by atoms with Gasteiger partial charge in [-0.2, -0.15) is 0 Å². The van der Waals surface area contributed by atoms with Crippen LogP contribution < -0.4 is 4.72 Å². The molecule has 0 unspecified atom stereocenters. The maximum absolute atomic E-state index is 12.2. The molecule has 0 saturated carbocycles. The second kappa shape index (κ2) is 6.67. The molecular formula is C12H11Cl2N3O3S. The average Bonchev–Trinajstić information content (AvgIpc) is 2.46. The first-order chi connectivity index (χ1) is 9.95. The summed E-state index contributed by atoms with van der Waals surface area (Å²) in [5.74, 6) is 0. The first-order valence-corrected chi connectivity index (χ1v) is 8.02. The lowest BCUT2D eigenvalue weighted by Crippen LogP contribution is -2.24. The van der Waals surface area contributed by atoms with Crippen LogP contribution >= 0.6 is 23.2 Å². The van der Waals surface area contributed by atoms with E-state index in [1.165, 1.54) is 24.7 Å². The Balaban J connectivity index is 2.28. The quantitative estimate of drug-likeness (QED) is 0.859. The summed E-state index contributed by atoms with van der Waals surface area (Å²) in [6.45, 7) is -0.453. The van der Waals surface area contributed by atoms with E-state index in [0.717, 1.165) is 0 Å². The number of rotatable bonds is 5. The van der Waals surface area contributed by atoms with E-state index in [0.29, 0.717) is 5.69 Å². The van der Waals surface area contributed by atoms with E-state index in [9.17, 15) is 13.5 Å². The smallest absolute Gasteiger partial charge is 0.242 e. The lowest BCUT2D eigenvalue weighted by atomic mass is 10.2. The molecular weight excluding hydrogens is 337 g/mol. The first kappa shape index (κ1) is 16.1. The highest BCUT2D eigenvalue weighted by Gasteiger charge is 2.21. The van der Waals surface area contributed by atoms with Crippen LogP contribution in [0.4, 0.5) is 0 Å². The molecule has 21 heavy (non-hydrogen) atoms. The van der Waals surface area contributed by atoms with Gasteiger partial charge < -0.3 is 5.11 Å². The molecule has 2 rings (SSSR count). The number of aromatic nitrogens is 2. The van der Waals surface area contributed by atoms with Crippen molar-refractivity contribution in [2.45, 2.75) is 18.0 Å². The van der Waals surface area contributed by atoms with Crippen molar-refractivity contribution in [1.29, 1.82) is 0 Å². The van der Waals surface area contributed by atoms with Gasteiger partial charge in [0.1, 0.15) is 11.2 Å². The van der Waals surface area contributed by atoms with E-state index in [1.807, 2.05) is 0 Å². The van der Waals surface area contributed by atoms with E-state index < -0.39 is 16.6 Å². The van der Waals surface area contributed by atoms with Gasteiger partial charge in [-0.3, -0.25) is 0 Å². The maximum atomic E-state index is 12.2. The summed E-state index contributed by atoms with van der Waals surface area (Å²) >= 11 is 11.8. The van der Waals surface area contributed by atoms with Gasteiger partial charge in [-0.25, -0.2) is 23.1 Å². The molecule has 2 aromatic rings. The van der Waals surface area contributed by atoms with Gasteiger partial charge in [-0.05, 0) is 18.2 Å². The van der Waals surface area contributed by atoms with E-state index in [2.05, 4.69) is 14.7 Å². The van der Waals surface area contributed by atoms with Crippen molar-refractivity contribution in [3.05, 3.63) is 52.0 Å². The molecule has 1 heterocycles. The molecule has 1 aromatic heterocycles. The number of sulfonamides is 1. The Hall–Kier alpha value is -1.25. The van der Waals surface area contributed by atoms with Crippen molar-refractivity contribution in [2.75, 3.05) is 0 Å². The highest BCUT2D eigenvalue weighted by Crippen LogP contribution is 2.31. The number of nitrogens with zero attached hydrogens (tertiary/aromatic N) is 2. The van der Waals surface area contributed by atoms with Gasteiger partial charge in [-0.1, -0.05) is 23.2 Å². The molecule has 0 atom stereocenters. The number of aliphatic hydroxyl groups is 1. The molecule has 0 aliphatic rings. The topological polar surface area (TPSA) is 92.2 Å². The van der Waals surface area contributed by atoms with Crippen molar-refractivity contribution in [1.82, 2.24) is 14.7 Å². The third-order valence-electron chi connectivity index (χ3n) is 2.68. The summed E-state index contributed by atoms with van der Waals surface area (Å²) in [5, 5.41) is 9.31. The number of benzene rings is 1. The Morgan fingerprint density at radius 1 is 1.24 bits per heavy atom. The van der Waals surface area contributed by atoms with Crippen LogP contribution in [-0.4, -0.2) is 23.5 Å². The maximum Gasteiger partial charge on any atom is 0.242 e. The molecule has 0 spiro atoms. The Morgan fingerprint density at radius 2 is 2.00 bits per heavy atom. The zero-order chi connectivity index (χ0) is 15.5. The fourth-order valence-electron chi connectivity index (χ4n) is 1.60. The third kappa shape index (κ3) is 3.69. The van der Waals surface area contributed by atoms with Crippen LogP contribution in [0.5, 0.6) is 0 Å². The second-order valence-electron chi connectivity index (χ2n) is 4.02. The fourth-order valence-corrected chi connectivity index (χ4v) is 3.49. The molecule has 0 amide bonds.